The van der Waals surface area contributed by atoms with Gasteiger partial charge in [0.25, 0.3) is 0 Å². The summed E-state index contributed by atoms with van der Waals surface area (Å²) in [6.45, 7) is 0. The minimum Gasteiger partial charge on any atom is -0.496 e. The number of benzene rings is 1. The van der Waals surface area contributed by atoms with Crippen LogP contribution in [0.3, 0.4) is 0 Å². The number of ether oxygens (including phenoxy) is 1. The fraction of sp³-hybridized carbons (Fsp3) is 0.100. The number of carbonyl (C=O) groups excluding carboxylic acids is 1. The Balaban J connectivity index is 2.88. The van der Waals surface area contributed by atoms with Crippen molar-refractivity contribution in [2.24, 2.45) is 0 Å². The Kier molecular flexibility index (Phi) is 2.44. The summed E-state index contributed by atoms with van der Waals surface area (Å²) in [5, 5.41) is 3.24. The van der Waals surface area contributed by atoms with Gasteiger partial charge in [0.05, 0.1) is 16.8 Å². The molecule has 2 rings (SSSR count). The average molecular weight is 227 g/mol. The monoisotopic (exact) mass is 226 g/mol. The molecule has 0 saturated heterocycles. The molecule has 72 valence electrons. The summed E-state index contributed by atoms with van der Waals surface area (Å²) in [6, 6.07) is 3.54. The van der Waals surface area contributed by atoms with Crippen LogP contribution in [0.25, 0.3) is 10.1 Å². The lowest BCUT2D eigenvalue weighted by atomic mass is 10.2. The molecule has 2 nitrogen and oxygen atoms in total. The Morgan fingerprint density at radius 2 is 2.29 bits per heavy atom. The highest BCUT2D eigenvalue weighted by Gasteiger charge is 2.11. The number of thiophene rings is 1. The molecule has 0 aliphatic heterocycles. The minimum absolute atomic E-state index is 0.629. The van der Waals surface area contributed by atoms with E-state index in [0.717, 1.165) is 16.4 Å². The number of aldehydes is 1. The molecule has 0 saturated carbocycles. The normalized spacial score (nSPS) is 10.4. The van der Waals surface area contributed by atoms with Crippen molar-refractivity contribution < 1.29 is 9.53 Å². The van der Waals surface area contributed by atoms with Crippen molar-refractivity contribution in [2.75, 3.05) is 7.11 Å². The van der Waals surface area contributed by atoms with Gasteiger partial charge in [-0.15, -0.1) is 11.3 Å². The van der Waals surface area contributed by atoms with Crippen LogP contribution in [0.4, 0.5) is 0 Å². The minimum atomic E-state index is 0.629. The van der Waals surface area contributed by atoms with Crippen molar-refractivity contribution in [3.63, 3.8) is 0 Å². The Hall–Kier alpha value is -1.06. The molecular weight excluding hydrogens is 220 g/mol. The van der Waals surface area contributed by atoms with E-state index in [1.807, 2.05) is 0 Å². The van der Waals surface area contributed by atoms with Crippen molar-refractivity contribution in [1.82, 2.24) is 0 Å². The maximum atomic E-state index is 10.8. The second-order valence-electron chi connectivity index (χ2n) is 2.76. The number of hydrogen-bond donors (Lipinski definition) is 0. The van der Waals surface area contributed by atoms with Gasteiger partial charge >= 0.3 is 0 Å². The summed E-state index contributed by atoms with van der Waals surface area (Å²) < 4.78 is 6.07. The maximum absolute atomic E-state index is 10.8. The zero-order valence-electron chi connectivity index (χ0n) is 7.41. The zero-order chi connectivity index (χ0) is 10.1. The van der Waals surface area contributed by atoms with Gasteiger partial charge < -0.3 is 4.74 Å². The SMILES string of the molecule is COc1ccc(Cl)c2scc(C=O)c12. The number of carbonyl (C=O) groups is 1. The number of hydrogen-bond acceptors (Lipinski definition) is 3. The molecule has 0 bridgehead atoms. The molecule has 0 spiro atoms. The van der Waals surface area contributed by atoms with E-state index in [2.05, 4.69) is 0 Å². The van der Waals surface area contributed by atoms with Crippen LogP contribution in [-0.2, 0) is 0 Å². The van der Waals surface area contributed by atoms with E-state index in [1.54, 1.807) is 24.6 Å². The van der Waals surface area contributed by atoms with Crippen LogP contribution < -0.4 is 4.74 Å². The van der Waals surface area contributed by atoms with Crippen molar-refractivity contribution in [3.8, 4) is 5.75 Å². The second-order valence-corrected chi connectivity index (χ2v) is 4.05. The molecule has 0 radical (unpaired) electrons. The predicted molar refractivity (Wildman–Crippen MR) is 58.8 cm³/mol. The largest absolute Gasteiger partial charge is 0.496 e. The Morgan fingerprint density at radius 3 is 2.93 bits per heavy atom. The number of fused-ring (bicyclic) bond motifs is 1. The Bertz CT molecular complexity index is 490. The van der Waals surface area contributed by atoms with Crippen LogP contribution in [0.15, 0.2) is 17.5 Å². The van der Waals surface area contributed by atoms with Crippen molar-refractivity contribution in [2.45, 2.75) is 0 Å². The van der Waals surface area contributed by atoms with Gasteiger partial charge in [0.1, 0.15) is 5.75 Å². The first kappa shape index (κ1) is 9.49. The molecule has 0 amide bonds. The molecule has 1 heterocycles. The third kappa shape index (κ3) is 1.29. The van der Waals surface area contributed by atoms with Crippen LogP contribution >= 0.6 is 22.9 Å². The highest BCUT2D eigenvalue weighted by molar-refractivity contribution is 7.18. The van der Waals surface area contributed by atoms with Crippen molar-refractivity contribution in [1.29, 1.82) is 0 Å². The topological polar surface area (TPSA) is 26.3 Å². The summed E-state index contributed by atoms with van der Waals surface area (Å²) in [6.07, 6.45) is 0.817. The summed E-state index contributed by atoms with van der Waals surface area (Å²) in [5.41, 5.74) is 0.629. The van der Waals surface area contributed by atoms with E-state index in [1.165, 1.54) is 11.3 Å². The van der Waals surface area contributed by atoms with E-state index in [-0.39, 0.29) is 0 Å². The molecule has 0 atom stereocenters. The lowest BCUT2D eigenvalue weighted by Gasteiger charge is -2.02. The molecule has 2 aromatic rings. The first-order valence-electron chi connectivity index (χ1n) is 3.96. The third-order valence-electron chi connectivity index (χ3n) is 2.01. The molecule has 1 aromatic heterocycles. The van der Waals surface area contributed by atoms with E-state index in [4.69, 9.17) is 16.3 Å². The van der Waals surface area contributed by atoms with Gasteiger partial charge in [0, 0.05) is 16.3 Å². The molecule has 0 unspecified atom stereocenters. The van der Waals surface area contributed by atoms with Gasteiger partial charge in [-0.2, -0.15) is 0 Å². The van der Waals surface area contributed by atoms with Crippen LogP contribution in [-0.4, -0.2) is 13.4 Å². The smallest absolute Gasteiger partial charge is 0.151 e. The van der Waals surface area contributed by atoms with Crippen LogP contribution in [0.5, 0.6) is 5.75 Å². The van der Waals surface area contributed by atoms with Crippen molar-refractivity contribution in [3.05, 3.63) is 28.1 Å². The van der Waals surface area contributed by atoms with Gasteiger partial charge in [-0.05, 0) is 12.1 Å². The van der Waals surface area contributed by atoms with Crippen LogP contribution in [0, 0.1) is 0 Å². The average Bonchev–Trinajstić information content (AvgIpc) is 2.63. The number of halogens is 1. The molecular formula is C10H7ClO2S. The van der Waals surface area contributed by atoms with E-state index >= 15 is 0 Å². The molecule has 0 N–H and O–H groups in total. The Labute approximate surface area is 90.1 Å². The molecule has 0 fully saturated rings. The van der Waals surface area contributed by atoms with Crippen molar-refractivity contribution >= 4 is 39.3 Å². The molecule has 1 aromatic carbocycles. The van der Waals surface area contributed by atoms with E-state index in [9.17, 15) is 4.79 Å². The first-order chi connectivity index (χ1) is 6.77. The number of methoxy groups -OCH3 is 1. The quantitative estimate of drug-likeness (QED) is 0.734. The van der Waals surface area contributed by atoms with Crippen LogP contribution in [0.2, 0.25) is 5.02 Å². The zero-order valence-corrected chi connectivity index (χ0v) is 8.98. The highest BCUT2D eigenvalue weighted by Crippen LogP contribution is 2.37. The molecule has 0 aliphatic carbocycles. The van der Waals surface area contributed by atoms with E-state index < -0.39 is 0 Å². The molecule has 14 heavy (non-hydrogen) atoms. The second kappa shape index (κ2) is 3.59. The van der Waals surface area contributed by atoms with Gasteiger partial charge in [0.2, 0.25) is 0 Å². The van der Waals surface area contributed by atoms with Gasteiger partial charge in [-0.1, -0.05) is 11.6 Å². The van der Waals surface area contributed by atoms with Gasteiger partial charge in [-0.25, -0.2) is 0 Å². The summed E-state index contributed by atoms with van der Waals surface area (Å²) in [5.74, 6) is 0.688. The summed E-state index contributed by atoms with van der Waals surface area (Å²) >= 11 is 7.45. The number of rotatable bonds is 2. The maximum Gasteiger partial charge on any atom is 0.151 e. The molecule has 4 heteroatoms. The summed E-state index contributed by atoms with van der Waals surface area (Å²) in [7, 11) is 1.58. The Morgan fingerprint density at radius 1 is 1.50 bits per heavy atom. The van der Waals surface area contributed by atoms with E-state index in [0.29, 0.717) is 16.3 Å². The molecule has 0 aliphatic rings. The standard InChI is InChI=1S/C10H7ClO2S/c1-13-8-3-2-7(11)10-9(8)6(4-12)5-14-10/h2-5H,1H3. The van der Waals surface area contributed by atoms with Crippen LogP contribution in [0.1, 0.15) is 10.4 Å². The highest BCUT2D eigenvalue weighted by atomic mass is 35.5. The lowest BCUT2D eigenvalue weighted by molar-refractivity contribution is 0.112. The first-order valence-corrected chi connectivity index (χ1v) is 5.22. The third-order valence-corrected chi connectivity index (χ3v) is 3.47. The predicted octanol–water partition coefficient (Wildman–Crippen LogP) is 3.38. The van der Waals surface area contributed by atoms with Gasteiger partial charge in [0.15, 0.2) is 6.29 Å². The van der Waals surface area contributed by atoms with Gasteiger partial charge in [-0.3, -0.25) is 4.79 Å². The fourth-order valence-electron chi connectivity index (χ4n) is 1.37. The summed E-state index contributed by atoms with van der Waals surface area (Å²) in [4.78, 5) is 10.8. The fourth-order valence-corrected chi connectivity index (χ4v) is 2.59. The lowest BCUT2D eigenvalue weighted by Crippen LogP contribution is -1.85.